The molecule has 0 aromatic heterocycles. The van der Waals surface area contributed by atoms with Crippen molar-refractivity contribution >= 4 is 12.5 Å². The third-order valence-electron chi connectivity index (χ3n) is 2.98. The van der Waals surface area contributed by atoms with Gasteiger partial charge in [0.2, 0.25) is 0 Å². The van der Waals surface area contributed by atoms with E-state index in [1.807, 2.05) is 0 Å². The molecule has 0 spiro atoms. The van der Waals surface area contributed by atoms with E-state index in [0.717, 1.165) is 0 Å². The van der Waals surface area contributed by atoms with Crippen LogP contribution in [-0.2, 0) is 15.3 Å². The van der Waals surface area contributed by atoms with Crippen molar-refractivity contribution in [1.29, 1.82) is 0 Å². The second-order valence-corrected chi connectivity index (χ2v) is 11.0. The summed E-state index contributed by atoms with van der Waals surface area (Å²) in [5, 5.41) is 0.917. The zero-order chi connectivity index (χ0) is 15.1. The predicted octanol–water partition coefficient (Wildman–Crippen LogP) is 4.98. The fourth-order valence-electron chi connectivity index (χ4n) is 2.50. The van der Waals surface area contributed by atoms with Gasteiger partial charge in [0.1, 0.15) is 0 Å². The Morgan fingerprint density at radius 1 is 1.05 bits per heavy atom. The molecule has 0 atom stereocenters. The standard InChI is InChI=1S/C15H26P.C2H2.Co/c1-14(2,3)16(15(4,5)6)12-11-13-9-7-8-10-13;1-2;/h7-10H,11-12H2,1-6H3;1H2;. The van der Waals surface area contributed by atoms with E-state index >= 15 is 0 Å². The molecule has 0 aliphatic heterocycles. The van der Waals surface area contributed by atoms with E-state index in [-0.39, 0.29) is 7.92 Å². The van der Waals surface area contributed by atoms with Crippen molar-refractivity contribution in [2.45, 2.75) is 58.3 Å². The minimum absolute atomic E-state index is 0.0525. The molecule has 1 aliphatic carbocycles. The Morgan fingerprint density at radius 3 is 1.74 bits per heavy atom. The molecule has 0 heterocycles. The van der Waals surface area contributed by atoms with E-state index in [9.17, 15) is 0 Å². The van der Waals surface area contributed by atoms with Crippen LogP contribution in [0.4, 0.5) is 0 Å². The first kappa shape index (κ1) is 19.6. The first-order valence-electron chi connectivity index (χ1n) is 6.71. The molecule has 5 radical (unpaired) electrons. The first-order valence-corrected chi connectivity index (χ1v) is 8.76. The fourth-order valence-corrected chi connectivity index (χ4v) is 6.33. The van der Waals surface area contributed by atoms with E-state index in [0.29, 0.717) is 10.3 Å². The smallest absolute Gasteiger partial charge is 0.0164 e. The Hall–Kier alpha value is 0.586. The van der Waals surface area contributed by atoms with E-state index in [1.165, 1.54) is 18.5 Å². The molecule has 1 fully saturated rings. The molecule has 2 heteroatoms. The molecule has 0 N–H and O–H groups in total. The molecule has 1 saturated carbocycles. The summed E-state index contributed by atoms with van der Waals surface area (Å²) in [5.74, 6) is 1.50. The number of hydrogen-bond donors (Lipinski definition) is 0. The molecule has 0 saturated heterocycles. The summed E-state index contributed by atoms with van der Waals surface area (Å²) in [5.41, 5.74) is 0. The van der Waals surface area contributed by atoms with Crippen LogP contribution in [0.2, 0.25) is 0 Å². The summed E-state index contributed by atoms with van der Waals surface area (Å²) >= 11 is 3.47. The maximum absolute atomic E-state index is 3.47. The van der Waals surface area contributed by atoms with Gasteiger partial charge in [-0.05, 0) is 54.5 Å². The van der Waals surface area contributed by atoms with Crippen LogP contribution in [0.25, 0.3) is 0 Å². The Morgan fingerprint density at radius 2 is 1.42 bits per heavy atom. The van der Waals surface area contributed by atoms with Gasteiger partial charge in [-0.25, -0.2) is 0 Å². The van der Waals surface area contributed by atoms with Gasteiger partial charge in [0.25, 0.3) is 0 Å². The van der Waals surface area contributed by atoms with Crippen molar-refractivity contribution in [3.05, 3.63) is 38.2 Å². The van der Waals surface area contributed by atoms with Gasteiger partial charge in [-0.2, -0.15) is 0 Å². The van der Waals surface area contributed by atoms with Crippen LogP contribution in [0.15, 0.2) is 6.58 Å². The van der Waals surface area contributed by atoms with E-state index in [4.69, 9.17) is 0 Å². The van der Waals surface area contributed by atoms with E-state index < -0.39 is 0 Å². The molecule has 0 aromatic carbocycles. The van der Waals surface area contributed by atoms with Crippen molar-refractivity contribution in [2.24, 2.45) is 0 Å². The summed E-state index contributed by atoms with van der Waals surface area (Å²) in [6.45, 7) is 17.5. The zero-order valence-corrected chi connectivity index (χ0v) is 15.1. The Kier molecular flexibility index (Phi) is 9.05. The van der Waals surface area contributed by atoms with Gasteiger partial charge in [0.05, 0.1) is 0 Å². The maximum atomic E-state index is 3.47. The summed E-state index contributed by atoms with van der Waals surface area (Å²) < 4.78 is 2.19. The molecule has 1 rings (SSSR count). The van der Waals surface area contributed by atoms with Crippen LogP contribution < -0.4 is 0 Å². The van der Waals surface area contributed by atoms with Gasteiger partial charge in [0, 0.05) is 0 Å². The minimum atomic E-state index is 0.0525. The summed E-state index contributed by atoms with van der Waals surface area (Å²) in [4.78, 5) is 0. The van der Waals surface area contributed by atoms with E-state index in [1.54, 1.807) is 0 Å². The summed E-state index contributed by atoms with van der Waals surface area (Å²) in [6.07, 6.45) is 11.4. The molecule has 0 unspecified atom stereocenters. The quantitative estimate of drug-likeness (QED) is 0.643. The average Bonchev–Trinajstić information content (AvgIpc) is 2.67. The van der Waals surface area contributed by atoms with Crippen LogP contribution in [0.5, 0.6) is 0 Å². The molecule has 0 bridgehead atoms. The SMILES string of the molecule is C=[C]=[Co].CC(C)(C)P(CC[C]1[CH][CH][CH][CH]1)C(C)(C)C. The van der Waals surface area contributed by atoms with Crippen LogP contribution in [0.3, 0.4) is 0 Å². The molecule has 0 amide bonds. The third-order valence-corrected chi connectivity index (χ3v) is 6.89. The molecule has 110 valence electrons. The summed E-state index contributed by atoms with van der Waals surface area (Å²) in [6, 6.07) is 0. The van der Waals surface area contributed by atoms with Gasteiger partial charge in [0.15, 0.2) is 0 Å². The average molecular weight is 322 g/mol. The van der Waals surface area contributed by atoms with Gasteiger partial charge in [-0.15, -0.1) is 0 Å². The van der Waals surface area contributed by atoms with E-state index in [2.05, 4.69) is 93.7 Å². The topological polar surface area (TPSA) is 0 Å². The third kappa shape index (κ3) is 8.46. The summed E-state index contributed by atoms with van der Waals surface area (Å²) in [7, 11) is 0.0525. The number of hydrogen-bond acceptors (Lipinski definition) is 0. The molecule has 0 aromatic rings. The van der Waals surface area contributed by atoms with Crippen molar-refractivity contribution in [2.75, 3.05) is 6.16 Å². The molecular formula is C17H28CoP. The van der Waals surface area contributed by atoms with Crippen LogP contribution >= 0.6 is 7.92 Å². The van der Waals surface area contributed by atoms with Gasteiger partial charge >= 0.3 is 26.5 Å². The van der Waals surface area contributed by atoms with Crippen molar-refractivity contribution < 1.29 is 15.3 Å². The van der Waals surface area contributed by atoms with Gasteiger partial charge in [-0.3, -0.25) is 0 Å². The monoisotopic (exact) mass is 322 g/mol. The largest absolute Gasteiger partial charge is 0.0956 e. The second kappa shape index (κ2) is 8.78. The van der Waals surface area contributed by atoms with Crippen molar-refractivity contribution in [3.8, 4) is 0 Å². The maximum Gasteiger partial charge on any atom is -0.0164 e. The second-order valence-electron chi connectivity index (χ2n) is 6.65. The first-order chi connectivity index (χ1) is 8.62. The van der Waals surface area contributed by atoms with Crippen LogP contribution in [0, 0.1) is 31.6 Å². The Bertz CT molecular complexity index is 257. The molecule has 19 heavy (non-hydrogen) atoms. The molecule has 0 nitrogen and oxygen atoms in total. The van der Waals surface area contributed by atoms with Gasteiger partial charge < -0.3 is 0 Å². The van der Waals surface area contributed by atoms with Crippen LogP contribution in [0.1, 0.15) is 48.0 Å². The van der Waals surface area contributed by atoms with Crippen LogP contribution in [-0.4, -0.2) is 21.1 Å². The Balaban J connectivity index is 0.000000982. The minimum Gasteiger partial charge on any atom is -0.0956 e. The predicted molar refractivity (Wildman–Crippen MR) is 87.0 cm³/mol. The fraction of sp³-hybridized carbons (Fsp3) is 0.588. The Labute approximate surface area is 130 Å². The van der Waals surface area contributed by atoms with Crippen molar-refractivity contribution in [3.63, 3.8) is 0 Å². The molecule has 1 aliphatic rings. The van der Waals surface area contributed by atoms with Gasteiger partial charge in [-0.1, -0.05) is 49.5 Å². The van der Waals surface area contributed by atoms with Crippen molar-refractivity contribution in [1.82, 2.24) is 0 Å². The normalized spacial score (nSPS) is 17.1. The number of rotatable bonds is 3. The molecular weight excluding hydrogens is 294 g/mol. The zero-order valence-electron chi connectivity index (χ0n) is 13.2.